The summed E-state index contributed by atoms with van der Waals surface area (Å²) >= 11 is 3.61. The molecule has 1 aromatic carbocycles. The fraction of sp³-hybridized carbons (Fsp3) is 0.667. The molecule has 0 bridgehead atoms. The lowest BCUT2D eigenvalue weighted by molar-refractivity contribution is 0.222. The Labute approximate surface area is 138 Å². The fourth-order valence-corrected chi connectivity index (χ4v) is 3.70. The van der Waals surface area contributed by atoms with Crippen LogP contribution in [0.3, 0.4) is 0 Å². The Balaban J connectivity index is 2.21. The first kappa shape index (κ1) is 16.8. The molecule has 1 aliphatic rings. The second-order valence-corrected chi connectivity index (χ2v) is 8.14. The lowest BCUT2D eigenvalue weighted by Gasteiger charge is -2.40. The highest BCUT2D eigenvalue weighted by Gasteiger charge is 2.29. The molecule has 21 heavy (non-hydrogen) atoms. The lowest BCUT2D eigenvalue weighted by Crippen LogP contribution is -2.38. The Hall–Kier alpha value is -0.540. The van der Waals surface area contributed by atoms with E-state index in [0.29, 0.717) is 17.5 Å². The number of benzene rings is 1. The minimum atomic E-state index is 0.361. The number of nitrogens with zero attached hydrogens (tertiary/aromatic N) is 1. The van der Waals surface area contributed by atoms with Crippen LogP contribution < -0.4 is 10.2 Å². The van der Waals surface area contributed by atoms with Crippen LogP contribution in [0.15, 0.2) is 22.7 Å². The van der Waals surface area contributed by atoms with Gasteiger partial charge in [0.25, 0.3) is 0 Å². The van der Waals surface area contributed by atoms with E-state index in [1.54, 1.807) is 0 Å². The van der Waals surface area contributed by atoms with Crippen molar-refractivity contribution >= 4 is 21.6 Å². The van der Waals surface area contributed by atoms with E-state index in [2.05, 4.69) is 72.2 Å². The van der Waals surface area contributed by atoms with Crippen LogP contribution in [-0.2, 0) is 0 Å². The molecule has 0 aliphatic heterocycles. The summed E-state index contributed by atoms with van der Waals surface area (Å²) in [6.07, 6.45) is 5.25. The zero-order chi connectivity index (χ0) is 15.6. The molecule has 2 rings (SSSR count). The van der Waals surface area contributed by atoms with Gasteiger partial charge in [0.2, 0.25) is 0 Å². The van der Waals surface area contributed by atoms with Crippen molar-refractivity contribution in [3.63, 3.8) is 0 Å². The molecule has 0 saturated heterocycles. The number of hydrogen-bond donors (Lipinski definition) is 1. The molecule has 2 nitrogen and oxygen atoms in total. The maximum absolute atomic E-state index is 3.61. The molecule has 0 amide bonds. The van der Waals surface area contributed by atoms with Crippen LogP contribution in [0.4, 0.5) is 5.69 Å². The van der Waals surface area contributed by atoms with Crippen LogP contribution in [-0.4, -0.2) is 20.1 Å². The van der Waals surface area contributed by atoms with E-state index in [4.69, 9.17) is 0 Å². The molecule has 1 atom stereocenters. The van der Waals surface area contributed by atoms with Crippen molar-refractivity contribution in [3.05, 3.63) is 28.2 Å². The van der Waals surface area contributed by atoms with Crippen LogP contribution in [0.5, 0.6) is 0 Å². The SMILES string of the molecule is CNC(C)c1cc(Br)ccc1N(C)C1CCC(C)(C)CC1. The normalized spacial score (nSPS) is 20.3. The number of hydrogen-bond acceptors (Lipinski definition) is 2. The maximum atomic E-state index is 3.61. The van der Waals surface area contributed by atoms with Gasteiger partial charge in [-0.25, -0.2) is 0 Å². The van der Waals surface area contributed by atoms with Crippen LogP contribution in [0.25, 0.3) is 0 Å². The minimum absolute atomic E-state index is 0.361. The molecule has 0 aromatic heterocycles. The number of halogens is 1. The van der Waals surface area contributed by atoms with Gasteiger partial charge in [-0.15, -0.1) is 0 Å². The van der Waals surface area contributed by atoms with E-state index in [1.165, 1.54) is 36.9 Å². The molecular formula is C18H29BrN2. The maximum Gasteiger partial charge on any atom is 0.0415 e. The summed E-state index contributed by atoms with van der Waals surface area (Å²) in [5.41, 5.74) is 3.27. The topological polar surface area (TPSA) is 15.3 Å². The van der Waals surface area contributed by atoms with Gasteiger partial charge in [-0.05, 0) is 68.8 Å². The number of rotatable bonds is 4. The monoisotopic (exact) mass is 352 g/mol. The molecule has 1 N–H and O–H groups in total. The molecule has 3 heteroatoms. The Morgan fingerprint density at radius 2 is 1.90 bits per heavy atom. The summed E-state index contributed by atoms with van der Waals surface area (Å²) < 4.78 is 1.15. The average Bonchev–Trinajstić information content (AvgIpc) is 2.45. The van der Waals surface area contributed by atoms with Crippen LogP contribution in [0, 0.1) is 5.41 Å². The van der Waals surface area contributed by atoms with Crippen molar-refractivity contribution in [2.75, 3.05) is 19.0 Å². The van der Waals surface area contributed by atoms with E-state index < -0.39 is 0 Å². The van der Waals surface area contributed by atoms with Crippen molar-refractivity contribution in [2.24, 2.45) is 5.41 Å². The lowest BCUT2D eigenvalue weighted by atomic mass is 9.75. The zero-order valence-corrected chi connectivity index (χ0v) is 15.6. The number of anilines is 1. The Bertz CT molecular complexity index is 474. The molecule has 0 radical (unpaired) electrons. The third kappa shape index (κ3) is 4.01. The van der Waals surface area contributed by atoms with E-state index in [0.717, 1.165) is 4.47 Å². The molecule has 1 unspecified atom stereocenters. The van der Waals surface area contributed by atoms with E-state index in [1.807, 2.05) is 7.05 Å². The average molecular weight is 353 g/mol. The van der Waals surface area contributed by atoms with Gasteiger partial charge >= 0.3 is 0 Å². The molecular weight excluding hydrogens is 324 g/mol. The fourth-order valence-electron chi connectivity index (χ4n) is 3.32. The molecule has 1 saturated carbocycles. The highest BCUT2D eigenvalue weighted by molar-refractivity contribution is 9.10. The Morgan fingerprint density at radius 3 is 2.48 bits per heavy atom. The van der Waals surface area contributed by atoms with Gasteiger partial charge in [-0.2, -0.15) is 0 Å². The third-order valence-electron chi connectivity index (χ3n) is 5.13. The van der Waals surface area contributed by atoms with Crippen molar-refractivity contribution in [1.82, 2.24) is 5.32 Å². The Morgan fingerprint density at radius 1 is 1.29 bits per heavy atom. The summed E-state index contributed by atoms with van der Waals surface area (Å²) in [6, 6.07) is 7.69. The second-order valence-electron chi connectivity index (χ2n) is 7.22. The summed E-state index contributed by atoms with van der Waals surface area (Å²) in [6.45, 7) is 7.03. The Kier molecular flexibility index (Phi) is 5.37. The van der Waals surface area contributed by atoms with Crippen LogP contribution in [0.2, 0.25) is 0 Å². The first-order chi connectivity index (χ1) is 9.84. The highest BCUT2D eigenvalue weighted by Crippen LogP contribution is 2.39. The van der Waals surface area contributed by atoms with Crippen LogP contribution in [0.1, 0.15) is 58.1 Å². The van der Waals surface area contributed by atoms with E-state index >= 15 is 0 Å². The summed E-state index contributed by atoms with van der Waals surface area (Å²) in [5, 5.41) is 3.37. The standard InChI is InChI=1S/C18H29BrN2/c1-13(20-4)16-12-14(19)6-7-17(16)21(5)15-8-10-18(2,3)11-9-15/h6-7,12-13,15,20H,8-11H2,1-5H3. The zero-order valence-electron chi connectivity index (χ0n) is 14.0. The summed E-state index contributed by atoms with van der Waals surface area (Å²) in [4.78, 5) is 2.50. The molecule has 0 spiro atoms. The molecule has 1 aliphatic carbocycles. The van der Waals surface area contributed by atoms with Gasteiger partial charge in [0, 0.05) is 29.3 Å². The number of nitrogens with one attached hydrogen (secondary N) is 1. The highest BCUT2D eigenvalue weighted by atomic mass is 79.9. The predicted molar refractivity (Wildman–Crippen MR) is 96.1 cm³/mol. The largest absolute Gasteiger partial charge is 0.371 e. The first-order valence-electron chi connectivity index (χ1n) is 8.03. The molecule has 1 fully saturated rings. The summed E-state index contributed by atoms with van der Waals surface area (Å²) in [7, 11) is 4.29. The summed E-state index contributed by atoms with van der Waals surface area (Å²) in [5.74, 6) is 0. The van der Waals surface area contributed by atoms with Gasteiger partial charge in [-0.1, -0.05) is 29.8 Å². The molecule has 1 aromatic rings. The van der Waals surface area contributed by atoms with Gasteiger partial charge < -0.3 is 10.2 Å². The van der Waals surface area contributed by atoms with Gasteiger partial charge in [0.1, 0.15) is 0 Å². The van der Waals surface area contributed by atoms with Crippen molar-refractivity contribution in [2.45, 2.75) is 58.5 Å². The third-order valence-corrected chi connectivity index (χ3v) is 5.62. The van der Waals surface area contributed by atoms with Crippen LogP contribution >= 0.6 is 15.9 Å². The van der Waals surface area contributed by atoms with Gasteiger partial charge in [-0.3, -0.25) is 0 Å². The minimum Gasteiger partial charge on any atom is -0.371 e. The molecule has 118 valence electrons. The quantitative estimate of drug-likeness (QED) is 0.807. The van der Waals surface area contributed by atoms with Crippen molar-refractivity contribution in [3.8, 4) is 0 Å². The van der Waals surface area contributed by atoms with Gasteiger partial charge in [0.05, 0.1) is 0 Å². The first-order valence-corrected chi connectivity index (χ1v) is 8.83. The van der Waals surface area contributed by atoms with E-state index in [-0.39, 0.29) is 0 Å². The van der Waals surface area contributed by atoms with E-state index in [9.17, 15) is 0 Å². The second kappa shape index (κ2) is 6.70. The van der Waals surface area contributed by atoms with Crippen molar-refractivity contribution < 1.29 is 0 Å². The smallest absolute Gasteiger partial charge is 0.0415 e. The van der Waals surface area contributed by atoms with Gasteiger partial charge in [0.15, 0.2) is 0 Å². The van der Waals surface area contributed by atoms with Crippen molar-refractivity contribution in [1.29, 1.82) is 0 Å². The predicted octanol–water partition coefficient (Wildman–Crippen LogP) is 5.13. The molecule has 0 heterocycles.